The summed E-state index contributed by atoms with van der Waals surface area (Å²) in [4.78, 5) is 22.9. The van der Waals surface area contributed by atoms with Crippen LogP contribution in [0.2, 0.25) is 0 Å². The number of rotatable bonds is 6. The van der Waals surface area contributed by atoms with E-state index in [2.05, 4.69) is 5.32 Å². The van der Waals surface area contributed by atoms with E-state index < -0.39 is 18.0 Å². The number of benzene rings is 1. The number of carboxylic acids is 1. The van der Waals surface area contributed by atoms with Crippen LogP contribution < -0.4 is 15.8 Å². The summed E-state index contributed by atoms with van der Waals surface area (Å²) in [7, 11) is 2.78. The largest absolute Gasteiger partial charge is 0.497 e. The molecule has 1 aromatic carbocycles. The molecule has 0 aliphatic heterocycles. The number of carboxylic acid groups (broad SMARTS) is 1. The molecule has 0 radical (unpaired) electrons. The van der Waals surface area contributed by atoms with Crippen molar-refractivity contribution >= 4 is 17.6 Å². The molecule has 1 rings (SSSR count). The first-order valence-electron chi connectivity index (χ1n) is 5.48. The molecule has 0 fully saturated rings. The lowest BCUT2D eigenvalue weighted by atomic mass is 10.1. The van der Waals surface area contributed by atoms with Crippen molar-refractivity contribution < 1.29 is 24.2 Å². The summed E-state index contributed by atoms with van der Waals surface area (Å²) < 4.78 is 9.80. The van der Waals surface area contributed by atoms with Gasteiger partial charge >= 0.3 is 5.97 Å². The summed E-state index contributed by atoms with van der Waals surface area (Å²) in [5.41, 5.74) is 5.45. The van der Waals surface area contributed by atoms with E-state index in [1.165, 1.54) is 26.4 Å². The lowest BCUT2D eigenvalue weighted by Gasteiger charge is -2.14. The molecule has 1 unspecified atom stereocenters. The number of ether oxygens (including phenoxy) is 2. The number of methoxy groups -OCH3 is 2. The van der Waals surface area contributed by atoms with Crippen LogP contribution in [0.3, 0.4) is 0 Å². The van der Waals surface area contributed by atoms with Crippen molar-refractivity contribution in [3.8, 4) is 5.75 Å². The van der Waals surface area contributed by atoms with Crippen molar-refractivity contribution in [3.05, 3.63) is 23.8 Å². The van der Waals surface area contributed by atoms with Crippen molar-refractivity contribution in [1.29, 1.82) is 0 Å². The molecule has 0 spiro atoms. The summed E-state index contributed by atoms with van der Waals surface area (Å²) in [5, 5.41) is 11.6. The number of nitrogens with one attached hydrogen (secondary N) is 1. The van der Waals surface area contributed by atoms with Crippen LogP contribution in [0.25, 0.3) is 0 Å². The Morgan fingerprint density at radius 3 is 2.58 bits per heavy atom. The number of carbonyl (C=O) groups is 2. The Morgan fingerprint density at radius 1 is 1.42 bits per heavy atom. The van der Waals surface area contributed by atoms with Crippen LogP contribution in [0.15, 0.2) is 18.2 Å². The Labute approximate surface area is 110 Å². The second kappa shape index (κ2) is 6.72. The minimum absolute atomic E-state index is 0.000886. The Hall–Kier alpha value is -2.12. The van der Waals surface area contributed by atoms with Gasteiger partial charge in [-0.1, -0.05) is 0 Å². The van der Waals surface area contributed by atoms with Crippen LogP contribution in [-0.4, -0.2) is 43.9 Å². The standard InChI is InChI=1S/C12H16N2O5/c1-18-7-3-4-9(8(5-7)12(16)17)14-11(15)10(6-13)19-2/h3-5,10H,6,13H2,1-2H3,(H,14,15)(H,16,17). The molecule has 0 saturated carbocycles. The molecule has 0 heterocycles. The molecule has 7 nitrogen and oxygen atoms in total. The van der Waals surface area contributed by atoms with Crippen molar-refractivity contribution in [2.45, 2.75) is 6.10 Å². The average molecular weight is 268 g/mol. The fourth-order valence-corrected chi connectivity index (χ4v) is 1.46. The topological polar surface area (TPSA) is 111 Å². The SMILES string of the molecule is COc1ccc(NC(=O)C(CN)OC)c(C(=O)O)c1. The van der Waals surface area contributed by atoms with Gasteiger partial charge in [-0.15, -0.1) is 0 Å². The Balaban J connectivity index is 3.00. The zero-order chi connectivity index (χ0) is 14.4. The molecule has 0 bridgehead atoms. The van der Waals surface area contributed by atoms with Crippen LogP contribution in [0.4, 0.5) is 5.69 Å². The van der Waals surface area contributed by atoms with E-state index in [0.29, 0.717) is 5.75 Å². The number of hydrogen-bond acceptors (Lipinski definition) is 5. The summed E-state index contributed by atoms with van der Waals surface area (Å²) in [6, 6.07) is 4.32. The third-order valence-electron chi connectivity index (χ3n) is 2.51. The smallest absolute Gasteiger partial charge is 0.337 e. The highest BCUT2D eigenvalue weighted by atomic mass is 16.5. The molecule has 1 atom stereocenters. The predicted octanol–water partition coefficient (Wildman–Crippen LogP) is 0.306. The maximum Gasteiger partial charge on any atom is 0.337 e. The summed E-state index contributed by atoms with van der Waals surface area (Å²) >= 11 is 0. The van der Waals surface area contributed by atoms with E-state index in [1.807, 2.05) is 0 Å². The fraction of sp³-hybridized carbons (Fsp3) is 0.333. The van der Waals surface area contributed by atoms with Crippen LogP contribution in [0.5, 0.6) is 5.75 Å². The quantitative estimate of drug-likeness (QED) is 0.684. The molecule has 104 valence electrons. The number of carbonyl (C=O) groups excluding carboxylic acids is 1. The van der Waals surface area contributed by atoms with Gasteiger partial charge in [0.2, 0.25) is 0 Å². The zero-order valence-corrected chi connectivity index (χ0v) is 10.7. The van der Waals surface area contributed by atoms with Gasteiger partial charge in [0.1, 0.15) is 11.9 Å². The second-order valence-corrected chi connectivity index (χ2v) is 3.67. The number of anilines is 1. The Morgan fingerprint density at radius 2 is 2.11 bits per heavy atom. The maximum absolute atomic E-state index is 11.8. The predicted molar refractivity (Wildman–Crippen MR) is 68.4 cm³/mol. The van der Waals surface area contributed by atoms with E-state index in [4.69, 9.17) is 20.3 Å². The Bertz CT molecular complexity index is 471. The van der Waals surface area contributed by atoms with Gasteiger partial charge < -0.3 is 25.6 Å². The highest BCUT2D eigenvalue weighted by Crippen LogP contribution is 2.22. The zero-order valence-electron chi connectivity index (χ0n) is 10.7. The molecule has 1 aromatic rings. The van der Waals surface area contributed by atoms with Crippen LogP contribution in [0, 0.1) is 0 Å². The summed E-state index contributed by atoms with van der Waals surface area (Å²) in [6.45, 7) is 0.000886. The first-order chi connectivity index (χ1) is 9.03. The molecule has 0 aliphatic carbocycles. The van der Waals surface area contributed by atoms with E-state index in [-0.39, 0.29) is 17.8 Å². The monoisotopic (exact) mass is 268 g/mol. The molecule has 0 aliphatic rings. The van der Waals surface area contributed by atoms with Gasteiger partial charge in [0.25, 0.3) is 5.91 Å². The van der Waals surface area contributed by atoms with Crippen molar-refractivity contribution in [2.75, 3.05) is 26.1 Å². The van der Waals surface area contributed by atoms with Crippen LogP contribution in [-0.2, 0) is 9.53 Å². The maximum atomic E-state index is 11.8. The molecule has 1 amide bonds. The number of hydrogen-bond donors (Lipinski definition) is 3. The van der Waals surface area contributed by atoms with Gasteiger partial charge in [0, 0.05) is 13.7 Å². The van der Waals surface area contributed by atoms with Crippen LogP contribution in [0.1, 0.15) is 10.4 Å². The summed E-state index contributed by atoms with van der Waals surface area (Å²) in [5.74, 6) is -1.29. The first-order valence-corrected chi connectivity index (χ1v) is 5.48. The second-order valence-electron chi connectivity index (χ2n) is 3.67. The Kier molecular flexibility index (Phi) is 5.28. The van der Waals surface area contributed by atoms with Gasteiger partial charge in [-0.25, -0.2) is 4.79 Å². The molecular formula is C12H16N2O5. The number of nitrogens with two attached hydrogens (primary N) is 1. The highest BCUT2D eigenvalue weighted by Gasteiger charge is 2.19. The van der Waals surface area contributed by atoms with Gasteiger partial charge in [0.15, 0.2) is 0 Å². The molecular weight excluding hydrogens is 252 g/mol. The minimum atomic E-state index is -1.17. The molecule has 0 saturated heterocycles. The van der Waals surface area contributed by atoms with Crippen molar-refractivity contribution in [2.24, 2.45) is 5.73 Å². The molecule has 4 N–H and O–H groups in total. The van der Waals surface area contributed by atoms with Gasteiger partial charge in [-0.3, -0.25) is 4.79 Å². The van der Waals surface area contributed by atoms with E-state index in [0.717, 1.165) is 0 Å². The number of amides is 1. The normalized spacial score (nSPS) is 11.7. The van der Waals surface area contributed by atoms with E-state index in [1.54, 1.807) is 6.07 Å². The lowest BCUT2D eigenvalue weighted by molar-refractivity contribution is -0.125. The molecule has 19 heavy (non-hydrogen) atoms. The fourth-order valence-electron chi connectivity index (χ4n) is 1.46. The molecule has 7 heteroatoms. The van der Waals surface area contributed by atoms with Crippen molar-refractivity contribution in [3.63, 3.8) is 0 Å². The average Bonchev–Trinajstić information content (AvgIpc) is 2.40. The third-order valence-corrected chi connectivity index (χ3v) is 2.51. The van der Waals surface area contributed by atoms with Crippen molar-refractivity contribution in [1.82, 2.24) is 0 Å². The third kappa shape index (κ3) is 3.67. The number of aromatic carboxylic acids is 1. The first kappa shape index (κ1) is 14.9. The summed E-state index contributed by atoms with van der Waals surface area (Å²) in [6.07, 6.45) is -0.830. The molecule has 0 aromatic heterocycles. The lowest BCUT2D eigenvalue weighted by Crippen LogP contribution is -2.36. The van der Waals surface area contributed by atoms with E-state index in [9.17, 15) is 9.59 Å². The van der Waals surface area contributed by atoms with Gasteiger partial charge in [-0.2, -0.15) is 0 Å². The van der Waals surface area contributed by atoms with E-state index >= 15 is 0 Å². The van der Waals surface area contributed by atoms with Crippen LogP contribution >= 0.6 is 0 Å². The minimum Gasteiger partial charge on any atom is -0.497 e. The van der Waals surface area contributed by atoms with Gasteiger partial charge in [-0.05, 0) is 18.2 Å². The highest BCUT2D eigenvalue weighted by molar-refractivity contribution is 6.02. The van der Waals surface area contributed by atoms with Gasteiger partial charge in [0.05, 0.1) is 18.4 Å².